The minimum atomic E-state index is 0.0760. The number of hydrogen-bond donors (Lipinski definition) is 0. The second-order valence-corrected chi connectivity index (χ2v) is 8.08. The van der Waals surface area contributed by atoms with Crippen LogP contribution in [0.3, 0.4) is 0 Å². The van der Waals surface area contributed by atoms with E-state index in [1.807, 2.05) is 24.1 Å². The molecular formula is C24H22ClN3O2. The molecule has 4 rings (SSSR count). The van der Waals surface area contributed by atoms with Gasteiger partial charge in [-0.25, -0.2) is 0 Å². The molecule has 1 fully saturated rings. The number of hydrogen-bond acceptors (Lipinski definition) is 4. The Morgan fingerprint density at radius 1 is 1.27 bits per heavy atom. The van der Waals surface area contributed by atoms with Gasteiger partial charge in [0, 0.05) is 24.7 Å². The van der Waals surface area contributed by atoms with Crippen molar-refractivity contribution >= 4 is 17.5 Å². The van der Waals surface area contributed by atoms with Crippen LogP contribution >= 0.6 is 11.6 Å². The molecule has 1 aliphatic heterocycles. The highest BCUT2D eigenvalue weighted by molar-refractivity contribution is 6.31. The Morgan fingerprint density at radius 2 is 2.07 bits per heavy atom. The van der Waals surface area contributed by atoms with Gasteiger partial charge in [0.05, 0.1) is 34.5 Å². The van der Waals surface area contributed by atoms with Gasteiger partial charge in [-0.1, -0.05) is 17.5 Å². The fourth-order valence-electron chi connectivity index (χ4n) is 4.14. The fourth-order valence-corrected chi connectivity index (χ4v) is 4.36. The van der Waals surface area contributed by atoms with Crippen molar-refractivity contribution in [1.82, 2.24) is 9.88 Å². The number of aromatic nitrogens is 1. The van der Waals surface area contributed by atoms with Crippen LogP contribution in [-0.2, 0) is 13.0 Å². The van der Waals surface area contributed by atoms with E-state index in [0.717, 1.165) is 42.5 Å². The van der Waals surface area contributed by atoms with Crippen molar-refractivity contribution in [2.75, 3.05) is 0 Å². The lowest BCUT2D eigenvalue weighted by molar-refractivity contribution is 0.0560. The summed E-state index contributed by atoms with van der Waals surface area (Å²) in [6.45, 7) is 2.39. The molecule has 0 spiro atoms. The lowest BCUT2D eigenvalue weighted by atomic mass is 9.92. The van der Waals surface area contributed by atoms with Crippen molar-refractivity contribution in [2.45, 2.75) is 57.7 Å². The number of carbonyl (C=O) groups is 1. The van der Waals surface area contributed by atoms with Gasteiger partial charge in [0.25, 0.3) is 5.91 Å². The van der Waals surface area contributed by atoms with E-state index in [9.17, 15) is 4.79 Å². The van der Waals surface area contributed by atoms with Gasteiger partial charge in [-0.05, 0) is 56.4 Å². The van der Waals surface area contributed by atoms with Crippen molar-refractivity contribution in [3.05, 3.63) is 57.9 Å². The van der Waals surface area contributed by atoms with Gasteiger partial charge in [-0.3, -0.25) is 9.78 Å². The highest BCUT2D eigenvalue weighted by atomic mass is 35.5. The SMILES string of the molecule is CC#CCc1cnc2c(c1)C(=O)N(C1CCC(Oc3ccc(C#N)c(Cl)c3)CC1)C2. The van der Waals surface area contributed by atoms with Gasteiger partial charge in [-0.15, -0.1) is 5.92 Å². The molecule has 2 aliphatic rings. The van der Waals surface area contributed by atoms with E-state index < -0.39 is 0 Å². The van der Waals surface area contributed by atoms with Crippen LogP contribution in [0.5, 0.6) is 5.75 Å². The quantitative estimate of drug-likeness (QED) is 0.683. The third-order valence-corrected chi connectivity index (χ3v) is 6.07. The molecule has 2 heterocycles. The Balaban J connectivity index is 1.36. The smallest absolute Gasteiger partial charge is 0.256 e. The predicted octanol–water partition coefficient (Wildman–Crippen LogP) is 4.52. The zero-order valence-corrected chi connectivity index (χ0v) is 17.6. The van der Waals surface area contributed by atoms with Gasteiger partial charge in [0.2, 0.25) is 0 Å². The maximum absolute atomic E-state index is 13.0. The number of halogens is 1. The average Bonchev–Trinajstić information content (AvgIpc) is 3.09. The van der Waals surface area contributed by atoms with E-state index in [-0.39, 0.29) is 18.1 Å². The van der Waals surface area contributed by atoms with Crippen LogP contribution in [0.4, 0.5) is 0 Å². The van der Waals surface area contributed by atoms with Crippen LogP contribution < -0.4 is 4.74 Å². The molecule has 0 radical (unpaired) electrons. The molecule has 1 aliphatic carbocycles. The Labute approximate surface area is 181 Å². The maximum atomic E-state index is 13.0. The van der Waals surface area contributed by atoms with Gasteiger partial charge in [0.15, 0.2) is 0 Å². The third-order valence-electron chi connectivity index (χ3n) is 5.76. The summed E-state index contributed by atoms with van der Waals surface area (Å²) in [6, 6.07) is 9.35. The number of fused-ring (bicyclic) bond motifs is 1. The number of nitriles is 1. The first kappa shape index (κ1) is 20.3. The Bertz CT molecular complexity index is 1070. The molecule has 5 nitrogen and oxygen atoms in total. The Hall–Kier alpha value is -3.02. The van der Waals surface area contributed by atoms with E-state index in [2.05, 4.69) is 22.9 Å². The average molecular weight is 420 g/mol. The summed E-state index contributed by atoms with van der Waals surface area (Å²) in [5.74, 6) is 6.66. The molecule has 30 heavy (non-hydrogen) atoms. The van der Waals surface area contributed by atoms with Crippen molar-refractivity contribution in [2.24, 2.45) is 0 Å². The highest BCUT2D eigenvalue weighted by Crippen LogP contribution is 2.33. The van der Waals surface area contributed by atoms with E-state index in [0.29, 0.717) is 29.3 Å². The molecule has 0 atom stereocenters. The Morgan fingerprint density at radius 3 is 2.77 bits per heavy atom. The molecule has 0 saturated heterocycles. The second kappa shape index (κ2) is 8.78. The van der Waals surface area contributed by atoms with Gasteiger partial charge in [0.1, 0.15) is 11.8 Å². The summed E-state index contributed by atoms with van der Waals surface area (Å²) >= 11 is 6.10. The lowest BCUT2D eigenvalue weighted by Crippen LogP contribution is -2.40. The number of amides is 1. The molecule has 1 aromatic heterocycles. The first-order valence-electron chi connectivity index (χ1n) is 10.1. The first-order chi connectivity index (χ1) is 14.6. The minimum absolute atomic E-state index is 0.0760. The summed E-state index contributed by atoms with van der Waals surface area (Å²) in [5, 5.41) is 9.39. The molecule has 1 amide bonds. The van der Waals surface area contributed by atoms with Crippen molar-refractivity contribution in [3.8, 4) is 23.7 Å². The summed E-state index contributed by atoms with van der Waals surface area (Å²) in [7, 11) is 0. The molecule has 152 valence electrons. The van der Waals surface area contributed by atoms with E-state index in [1.54, 1.807) is 18.2 Å². The molecule has 2 aromatic rings. The molecule has 0 bridgehead atoms. The predicted molar refractivity (Wildman–Crippen MR) is 114 cm³/mol. The van der Waals surface area contributed by atoms with Crippen LogP contribution in [0.15, 0.2) is 30.5 Å². The van der Waals surface area contributed by atoms with Crippen LogP contribution in [0, 0.1) is 23.2 Å². The molecule has 1 saturated carbocycles. The summed E-state index contributed by atoms with van der Waals surface area (Å²) in [4.78, 5) is 19.4. The number of rotatable bonds is 4. The molecular weight excluding hydrogens is 398 g/mol. The lowest BCUT2D eigenvalue weighted by Gasteiger charge is -2.34. The third kappa shape index (κ3) is 4.13. The number of ether oxygens (including phenoxy) is 1. The number of carbonyl (C=O) groups excluding carboxylic acids is 1. The molecule has 1 aromatic carbocycles. The standard InChI is InChI=1S/C24H22ClN3O2/c1-2-3-4-16-11-21-23(27-14-16)15-28(24(21)29)18-6-9-19(10-7-18)30-20-8-5-17(13-26)22(25)12-20/h5,8,11-12,14,18-19H,4,6-7,9-10,15H2,1H3. The summed E-state index contributed by atoms with van der Waals surface area (Å²) in [5.41, 5.74) is 3.00. The van der Waals surface area contributed by atoms with Crippen molar-refractivity contribution < 1.29 is 9.53 Å². The largest absolute Gasteiger partial charge is 0.490 e. The second-order valence-electron chi connectivity index (χ2n) is 7.68. The van der Waals surface area contributed by atoms with Crippen molar-refractivity contribution in [1.29, 1.82) is 5.26 Å². The van der Waals surface area contributed by atoms with E-state index in [1.165, 1.54) is 0 Å². The zero-order valence-electron chi connectivity index (χ0n) is 16.8. The van der Waals surface area contributed by atoms with E-state index >= 15 is 0 Å². The number of nitrogens with zero attached hydrogens (tertiary/aromatic N) is 3. The number of benzene rings is 1. The first-order valence-corrected chi connectivity index (χ1v) is 10.5. The van der Waals surface area contributed by atoms with Gasteiger partial charge >= 0.3 is 0 Å². The maximum Gasteiger partial charge on any atom is 0.256 e. The van der Waals surface area contributed by atoms with Crippen LogP contribution in [0.2, 0.25) is 5.02 Å². The summed E-state index contributed by atoms with van der Waals surface area (Å²) in [6.07, 6.45) is 6.05. The summed E-state index contributed by atoms with van der Waals surface area (Å²) < 4.78 is 6.07. The molecule has 6 heteroatoms. The fraction of sp³-hybridized carbons (Fsp3) is 0.375. The van der Waals surface area contributed by atoms with Crippen LogP contribution in [-0.4, -0.2) is 27.9 Å². The van der Waals surface area contributed by atoms with Gasteiger partial charge < -0.3 is 9.64 Å². The zero-order chi connectivity index (χ0) is 21.1. The van der Waals surface area contributed by atoms with Crippen LogP contribution in [0.25, 0.3) is 0 Å². The molecule has 0 N–H and O–H groups in total. The topological polar surface area (TPSA) is 66.2 Å². The monoisotopic (exact) mass is 419 g/mol. The van der Waals surface area contributed by atoms with E-state index in [4.69, 9.17) is 21.6 Å². The van der Waals surface area contributed by atoms with Crippen LogP contribution in [0.1, 0.15) is 59.8 Å². The van der Waals surface area contributed by atoms with Crippen molar-refractivity contribution in [3.63, 3.8) is 0 Å². The van der Waals surface area contributed by atoms with Gasteiger partial charge in [-0.2, -0.15) is 5.26 Å². The Kier molecular flexibility index (Phi) is 5.93. The minimum Gasteiger partial charge on any atom is -0.490 e. The number of pyridine rings is 1. The highest BCUT2D eigenvalue weighted by Gasteiger charge is 2.36. The molecule has 0 unspecified atom stereocenters. The normalized spacial score (nSPS) is 20.2.